The Morgan fingerprint density at radius 1 is 1.15 bits per heavy atom. The van der Waals surface area contributed by atoms with Gasteiger partial charge >= 0.3 is 6.18 Å². The number of hydrogen-bond donors (Lipinski definition) is 1. The molecule has 3 rings (SSSR count). The van der Waals surface area contributed by atoms with Crippen molar-refractivity contribution in [2.24, 2.45) is 0 Å². The van der Waals surface area contributed by atoms with Crippen molar-refractivity contribution in [3.8, 4) is 0 Å². The number of fused-ring (bicyclic) bond motifs is 1. The summed E-state index contributed by atoms with van der Waals surface area (Å²) in [7, 11) is 0. The van der Waals surface area contributed by atoms with Gasteiger partial charge in [-0.3, -0.25) is 0 Å². The minimum atomic E-state index is -4.43. The van der Waals surface area contributed by atoms with Crippen molar-refractivity contribution in [1.29, 1.82) is 0 Å². The molecule has 0 bridgehead atoms. The summed E-state index contributed by atoms with van der Waals surface area (Å²) in [4.78, 5) is 0. The van der Waals surface area contributed by atoms with Crippen LogP contribution in [-0.4, -0.2) is 16.7 Å². The molecule has 1 atom stereocenters. The molecule has 3 nitrogen and oxygen atoms in total. The van der Waals surface area contributed by atoms with E-state index in [2.05, 4.69) is 15.5 Å². The van der Waals surface area contributed by atoms with Crippen LogP contribution in [0.2, 0.25) is 0 Å². The standard InChI is InChI=1S/C14H12F3N3/c15-14(16,17)11-6-8-19-20-13(11)12-10-4-2-1-3-9(10)5-7-18-12/h1-4,6,8,12,18H,5,7H2. The van der Waals surface area contributed by atoms with Gasteiger partial charge in [-0.2, -0.15) is 23.4 Å². The second kappa shape index (κ2) is 4.86. The minimum Gasteiger partial charge on any atom is -0.305 e. The zero-order valence-electron chi connectivity index (χ0n) is 10.5. The molecule has 0 aliphatic carbocycles. The lowest BCUT2D eigenvalue weighted by Crippen LogP contribution is -2.33. The third-order valence-corrected chi connectivity index (χ3v) is 3.44. The highest BCUT2D eigenvalue weighted by molar-refractivity contribution is 5.40. The first kappa shape index (κ1) is 13.1. The highest BCUT2D eigenvalue weighted by Gasteiger charge is 2.37. The van der Waals surface area contributed by atoms with Crippen molar-refractivity contribution in [2.75, 3.05) is 6.54 Å². The van der Waals surface area contributed by atoms with Gasteiger partial charge in [-0.05, 0) is 23.6 Å². The Morgan fingerprint density at radius 3 is 2.75 bits per heavy atom. The number of nitrogens with one attached hydrogen (secondary N) is 1. The van der Waals surface area contributed by atoms with Crippen LogP contribution in [0.5, 0.6) is 0 Å². The van der Waals surface area contributed by atoms with E-state index in [0.29, 0.717) is 6.54 Å². The zero-order chi connectivity index (χ0) is 14.2. The molecule has 0 amide bonds. The summed E-state index contributed by atoms with van der Waals surface area (Å²) < 4.78 is 39.3. The zero-order valence-corrected chi connectivity index (χ0v) is 10.5. The third kappa shape index (κ3) is 2.27. The quantitative estimate of drug-likeness (QED) is 0.872. The van der Waals surface area contributed by atoms with Crippen LogP contribution in [0.25, 0.3) is 0 Å². The van der Waals surface area contributed by atoms with E-state index in [4.69, 9.17) is 0 Å². The van der Waals surface area contributed by atoms with Crippen LogP contribution in [0.15, 0.2) is 36.5 Å². The van der Waals surface area contributed by atoms with Crippen LogP contribution in [0, 0.1) is 0 Å². The molecular weight excluding hydrogens is 267 g/mol. The number of halogens is 3. The molecule has 0 radical (unpaired) electrons. The predicted molar refractivity (Wildman–Crippen MR) is 67.0 cm³/mol. The first-order valence-corrected chi connectivity index (χ1v) is 6.27. The number of alkyl halides is 3. The molecule has 1 aliphatic rings. The molecule has 1 aromatic heterocycles. The topological polar surface area (TPSA) is 37.8 Å². The van der Waals surface area contributed by atoms with Crippen molar-refractivity contribution in [3.05, 3.63) is 58.9 Å². The number of nitrogens with zero attached hydrogens (tertiary/aromatic N) is 2. The Labute approximate surface area is 113 Å². The average molecular weight is 279 g/mol. The Morgan fingerprint density at radius 2 is 1.95 bits per heavy atom. The summed E-state index contributed by atoms with van der Waals surface area (Å²) in [5.41, 5.74) is 1.09. The van der Waals surface area contributed by atoms with Gasteiger partial charge in [-0.15, -0.1) is 0 Å². The molecular formula is C14H12F3N3. The van der Waals surface area contributed by atoms with Crippen molar-refractivity contribution in [2.45, 2.75) is 18.6 Å². The van der Waals surface area contributed by atoms with Gasteiger partial charge in [0.1, 0.15) is 0 Å². The van der Waals surface area contributed by atoms with Gasteiger partial charge in [0.05, 0.1) is 23.5 Å². The van der Waals surface area contributed by atoms with Gasteiger partial charge < -0.3 is 5.32 Å². The summed E-state index contributed by atoms with van der Waals surface area (Å²) in [5, 5.41) is 10.5. The van der Waals surface area contributed by atoms with E-state index in [-0.39, 0.29) is 5.69 Å². The van der Waals surface area contributed by atoms with Crippen LogP contribution in [0.3, 0.4) is 0 Å². The lowest BCUT2D eigenvalue weighted by Gasteiger charge is -2.27. The summed E-state index contributed by atoms with van der Waals surface area (Å²) in [6, 6.07) is 7.89. The Hall–Kier alpha value is -1.95. The van der Waals surface area contributed by atoms with Crippen LogP contribution >= 0.6 is 0 Å². The van der Waals surface area contributed by atoms with E-state index in [1.807, 2.05) is 24.3 Å². The van der Waals surface area contributed by atoms with E-state index in [1.54, 1.807) is 0 Å². The van der Waals surface area contributed by atoms with E-state index in [9.17, 15) is 13.2 Å². The molecule has 6 heteroatoms. The van der Waals surface area contributed by atoms with Crippen LogP contribution in [-0.2, 0) is 12.6 Å². The smallest absolute Gasteiger partial charge is 0.305 e. The number of aromatic nitrogens is 2. The van der Waals surface area contributed by atoms with E-state index in [1.165, 1.54) is 0 Å². The molecule has 104 valence electrons. The molecule has 2 heterocycles. The van der Waals surface area contributed by atoms with Crippen LogP contribution < -0.4 is 5.32 Å². The first-order chi connectivity index (χ1) is 9.57. The van der Waals surface area contributed by atoms with Gasteiger partial charge in [0.2, 0.25) is 0 Å². The fraction of sp³-hybridized carbons (Fsp3) is 0.286. The maximum absolute atomic E-state index is 13.1. The largest absolute Gasteiger partial charge is 0.418 e. The molecule has 0 fully saturated rings. The predicted octanol–water partition coefficient (Wildman–Crippen LogP) is 2.73. The molecule has 1 N–H and O–H groups in total. The first-order valence-electron chi connectivity index (χ1n) is 6.27. The Kier molecular flexibility index (Phi) is 3.17. The second-order valence-electron chi connectivity index (χ2n) is 4.66. The molecule has 1 aliphatic heterocycles. The fourth-order valence-electron chi connectivity index (χ4n) is 2.54. The molecule has 1 unspecified atom stereocenters. The van der Waals surface area contributed by atoms with Crippen molar-refractivity contribution in [3.63, 3.8) is 0 Å². The lowest BCUT2D eigenvalue weighted by molar-refractivity contribution is -0.138. The van der Waals surface area contributed by atoms with Crippen molar-refractivity contribution >= 4 is 0 Å². The Balaban J connectivity index is 2.12. The maximum Gasteiger partial charge on any atom is 0.418 e. The van der Waals surface area contributed by atoms with Gasteiger partial charge in [-0.1, -0.05) is 24.3 Å². The SMILES string of the molecule is FC(F)(F)c1ccnnc1C1NCCc2ccccc21. The monoisotopic (exact) mass is 279 g/mol. The van der Waals surface area contributed by atoms with Crippen molar-refractivity contribution < 1.29 is 13.2 Å². The second-order valence-corrected chi connectivity index (χ2v) is 4.66. The van der Waals surface area contributed by atoms with Crippen LogP contribution in [0.4, 0.5) is 13.2 Å². The third-order valence-electron chi connectivity index (χ3n) is 3.44. The van der Waals surface area contributed by atoms with E-state index >= 15 is 0 Å². The molecule has 20 heavy (non-hydrogen) atoms. The van der Waals surface area contributed by atoms with Gasteiger partial charge in [-0.25, -0.2) is 0 Å². The number of benzene rings is 1. The highest BCUT2D eigenvalue weighted by Crippen LogP contribution is 2.36. The fourth-order valence-corrected chi connectivity index (χ4v) is 2.54. The normalized spacial score (nSPS) is 18.6. The van der Waals surface area contributed by atoms with Crippen LogP contribution in [0.1, 0.15) is 28.4 Å². The number of rotatable bonds is 1. The van der Waals surface area contributed by atoms with E-state index in [0.717, 1.165) is 29.8 Å². The summed E-state index contributed by atoms with van der Waals surface area (Å²) in [5.74, 6) is 0. The summed E-state index contributed by atoms with van der Waals surface area (Å²) in [6.45, 7) is 0.621. The number of hydrogen-bond acceptors (Lipinski definition) is 3. The lowest BCUT2D eigenvalue weighted by atomic mass is 9.91. The average Bonchev–Trinajstić information content (AvgIpc) is 2.46. The molecule has 2 aromatic rings. The Bertz CT molecular complexity index is 625. The minimum absolute atomic E-state index is 0.0628. The maximum atomic E-state index is 13.1. The molecule has 0 saturated carbocycles. The summed E-state index contributed by atoms with van der Waals surface area (Å²) >= 11 is 0. The molecule has 1 aromatic carbocycles. The van der Waals surface area contributed by atoms with Gasteiger partial charge in [0, 0.05) is 6.54 Å². The van der Waals surface area contributed by atoms with Crippen molar-refractivity contribution in [1.82, 2.24) is 15.5 Å². The van der Waals surface area contributed by atoms with Gasteiger partial charge in [0.15, 0.2) is 0 Å². The van der Waals surface area contributed by atoms with E-state index < -0.39 is 17.8 Å². The molecule has 0 spiro atoms. The summed E-state index contributed by atoms with van der Waals surface area (Å²) in [6.07, 6.45) is -2.56. The van der Waals surface area contributed by atoms with Gasteiger partial charge in [0.25, 0.3) is 0 Å². The molecule has 0 saturated heterocycles. The highest BCUT2D eigenvalue weighted by atomic mass is 19.4.